The molecule has 0 aromatic heterocycles. The van der Waals surface area contributed by atoms with Gasteiger partial charge in [0.15, 0.2) is 0 Å². The molecule has 5 heteroatoms. The van der Waals surface area contributed by atoms with Crippen molar-refractivity contribution < 1.29 is 17.6 Å². The average molecular weight is 316 g/mol. The summed E-state index contributed by atoms with van der Waals surface area (Å²) >= 11 is 0. The molecule has 0 aliphatic carbocycles. The standard InChI is InChI=1S/C16H26F2O2Si/c1-4-19-21(3,20-5-2)12-8-6-7-9-14-10-11-15(17)13-16(14)18/h10-11,13H,4-9,12H2,1-3H3. The first-order valence-electron chi connectivity index (χ1n) is 7.72. The van der Waals surface area contributed by atoms with E-state index >= 15 is 0 Å². The van der Waals surface area contributed by atoms with Crippen molar-refractivity contribution in [3.63, 3.8) is 0 Å². The summed E-state index contributed by atoms with van der Waals surface area (Å²) in [6, 6.07) is 4.75. The molecule has 0 atom stereocenters. The van der Waals surface area contributed by atoms with E-state index in [2.05, 4.69) is 6.55 Å². The molecule has 0 fully saturated rings. The van der Waals surface area contributed by atoms with Gasteiger partial charge in [-0.3, -0.25) is 0 Å². The first kappa shape index (κ1) is 18.3. The summed E-state index contributed by atoms with van der Waals surface area (Å²) in [7, 11) is -2.02. The van der Waals surface area contributed by atoms with E-state index in [0.29, 0.717) is 25.2 Å². The van der Waals surface area contributed by atoms with Crippen LogP contribution in [0.25, 0.3) is 0 Å². The zero-order chi connectivity index (χ0) is 15.7. The molecule has 0 bridgehead atoms. The van der Waals surface area contributed by atoms with Gasteiger partial charge >= 0.3 is 8.56 Å². The van der Waals surface area contributed by atoms with Crippen LogP contribution in [0.3, 0.4) is 0 Å². The molecule has 1 aromatic rings. The minimum absolute atomic E-state index is 0.446. The van der Waals surface area contributed by atoms with Gasteiger partial charge in [0.05, 0.1) is 0 Å². The van der Waals surface area contributed by atoms with Crippen LogP contribution in [0.15, 0.2) is 18.2 Å². The summed E-state index contributed by atoms with van der Waals surface area (Å²) in [6.07, 6.45) is 3.56. The van der Waals surface area contributed by atoms with Gasteiger partial charge in [-0.25, -0.2) is 8.78 Å². The van der Waals surface area contributed by atoms with E-state index in [1.165, 1.54) is 12.1 Å². The maximum absolute atomic E-state index is 13.5. The van der Waals surface area contributed by atoms with Crippen molar-refractivity contribution >= 4 is 8.56 Å². The summed E-state index contributed by atoms with van der Waals surface area (Å²) in [5.74, 6) is -0.968. The summed E-state index contributed by atoms with van der Waals surface area (Å²) in [4.78, 5) is 0. The highest BCUT2D eigenvalue weighted by Crippen LogP contribution is 2.19. The van der Waals surface area contributed by atoms with Crippen LogP contribution in [0.5, 0.6) is 0 Å². The van der Waals surface area contributed by atoms with Gasteiger partial charge in [0.25, 0.3) is 0 Å². The minimum Gasteiger partial charge on any atom is -0.395 e. The first-order chi connectivity index (χ1) is 10.0. The topological polar surface area (TPSA) is 18.5 Å². The van der Waals surface area contributed by atoms with Crippen molar-refractivity contribution in [1.82, 2.24) is 0 Å². The fraction of sp³-hybridized carbons (Fsp3) is 0.625. The minimum atomic E-state index is -2.02. The van der Waals surface area contributed by atoms with E-state index in [1.807, 2.05) is 13.8 Å². The summed E-state index contributed by atoms with van der Waals surface area (Å²) in [6.45, 7) is 7.44. The molecule has 0 N–H and O–H groups in total. The molecule has 1 aromatic carbocycles. The van der Waals surface area contributed by atoms with Crippen LogP contribution in [0, 0.1) is 11.6 Å². The molecule has 21 heavy (non-hydrogen) atoms. The van der Waals surface area contributed by atoms with Crippen LogP contribution in [0.4, 0.5) is 8.78 Å². The van der Waals surface area contributed by atoms with Gasteiger partial charge in [-0.1, -0.05) is 18.9 Å². The second kappa shape index (κ2) is 9.28. The number of rotatable bonds is 10. The van der Waals surface area contributed by atoms with Crippen LogP contribution in [0.1, 0.15) is 38.7 Å². The van der Waals surface area contributed by atoms with Crippen molar-refractivity contribution in [2.75, 3.05) is 13.2 Å². The van der Waals surface area contributed by atoms with Gasteiger partial charge in [-0.05, 0) is 50.9 Å². The number of benzene rings is 1. The Hall–Kier alpha value is -0.783. The third-order valence-corrected chi connectivity index (χ3v) is 6.55. The van der Waals surface area contributed by atoms with Crippen molar-refractivity contribution in [3.05, 3.63) is 35.4 Å². The van der Waals surface area contributed by atoms with Gasteiger partial charge in [0.1, 0.15) is 11.6 Å². The number of halogens is 2. The predicted octanol–water partition coefficient (Wildman–Crippen LogP) is 4.82. The number of unbranched alkanes of at least 4 members (excludes halogenated alkanes) is 2. The summed E-state index contributed by atoms with van der Waals surface area (Å²) in [5, 5.41) is 0. The quantitative estimate of drug-likeness (QED) is 0.455. The lowest BCUT2D eigenvalue weighted by Gasteiger charge is -2.25. The van der Waals surface area contributed by atoms with Crippen LogP contribution >= 0.6 is 0 Å². The lowest BCUT2D eigenvalue weighted by Crippen LogP contribution is -2.38. The lowest BCUT2D eigenvalue weighted by molar-refractivity contribution is 0.188. The molecule has 0 heterocycles. The Balaban J connectivity index is 2.30. The molecule has 2 nitrogen and oxygen atoms in total. The molecule has 120 valence electrons. The smallest absolute Gasteiger partial charge is 0.334 e. The highest BCUT2D eigenvalue weighted by atomic mass is 28.4. The van der Waals surface area contributed by atoms with E-state index < -0.39 is 20.2 Å². The third-order valence-electron chi connectivity index (χ3n) is 3.49. The summed E-state index contributed by atoms with van der Waals surface area (Å²) in [5.41, 5.74) is 0.589. The maximum Gasteiger partial charge on any atom is 0.334 e. The molecule has 0 spiro atoms. The van der Waals surface area contributed by atoms with Crippen LogP contribution < -0.4 is 0 Å². The Morgan fingerprint density at radius 1 is 1.00 bits per heavy atom. The van der Waals surface area contributed by atoms with Crippen molar-refractivity contribution in [1.29, 1.82) is 0 Å². The lowest BCUT2D eigenvalue weighted by atomic mass is 10.1. The molecule has 1 rings (SSSR count). The monoisotopic (exact) mass is 316 g/mol. The van der Waals surface area contributed by atoms with Gasteiger partial charge in [0.2, 0.25) is 0 Å². The van der Waals surface area contributed by atoms with E-state index in [9.17, 15) is 8.78 Å². The highest BCUT2D eigenvalue weighted by molar-refractivity contribution is 6.66. The fourth-order valence-corrected chi connectivity index (χ4v) is 4.94. The molecule has 0 unspecified atom stereocenters. The summed E-state index contributed by atoms with van der Waals surface area (Å²) < 4.78 is 37.8. The molecule has 0 amide bonds. The molecular weight excluding hydrogens is 290 g/mol. The van der Waals surface area contributed by atoms with Crippen LogP contribution in [-0.2, 0) is 15.3 Å². The molecule has 0 aliphatic heterocycles. The zero-order valence-corrected chi connectivity index (χ0v) is 14.3. The van der Waals surface area contributed by atoms with Crippen LogP contribution in [0.2, 0.25) is 12.6 Å². The van der Waals surface area contributed by atoms with E-state index in [0.717, 1.165) is 31.4 Å². The second-order valence-electron chi connectivity index (χ2n) is 5.30. The normalized spacial score (nSPS) is 11.9. The largest absolute Gasteiger partial charge is 0.395 e. The predicted molar refractivity (Wildman–Crippen MR) is 83.6 cm³/mol. The molecule has 0 saturated heterocycles. The first-order valence-corrected chi connectivity index (χ1v) is 10.2. The molecule has 0 radical (unpaired) electrons. The average Bonchev–Trinajstić information content (AvgIpc) is 2.41. The Morgan fingerprint density at radius 2 is 1.67 bits per heavy atom. The van der Waals surface area contributed by atoms with Gasteiger partial charge < -0.3 is 8.85 Å². The van der Waals surface area contributed by atoms with Gasteiger partial charge in [-0.15, -0.1) is 0 Å². The van der Waals surface area contributed by atoms with Crippen LogP contribution in [-0.4, -0.2) is 21.8 Å². The van der Waals surface area contributed by atoms with Gasteiger partial charge in [0, 0.05) is 19.3 Å². The molecule has 0 aliphatic rings. The van der Waals surface area contributed by atoms with E-state index in [1.54, 1.807) is 0 Å². The number of aryl methyl sites for hydroxylation is 1. The second-order valence-corrected chi connectivity index (χ2v) is 8.64. The molecular formula is C16H26F2O2Si. The Morgan fingerprint density at radius 3 is 2.24 bits per heavy atom. The van der Waals surface area contributed by atoms with Crippen molar-refractivity contribution in [3.8, 4) is 0 Å². The zero-order valence-electron chi connectivity index (χ0n) is 13.3. The fourth-order valence-electron chi connectivity index (χ4n) is 2.46. The van der Waals surface area contributed by atoms with Crippen molar-refractivity contribution in [2.45, 2.75) is 52.1 Å². The Labute approximate surface area is 127 Å². The Kier molecular flexibility index (Phi) is 8.07. The van der Waals surface area contributed by atoms with E-state index in [-0.39, 0.29) is 0 Å². The van der Waals surface area contributed by atoms with E-state index in [4.69, 9.17) is 8.85 Å². The van der Waals surface area contributed by atoms with Gasteiger partial charge in [-0.2, -0.15) is 0 Å². The maximum atomic E-state index is 13.5. The third kappa shape index (κ3) is 6.67. The van der Waals surface area contributed by atoms with Crippen molar-refractivity contribution in [2.24, 2.45) is 0 Å². The number of hydrogen-bond acceptors (Lipinski definition) is 2. The molecule has 0 saturated carbocycles. The Bertz CT molecular complexity index is 421. The number of hydrogen-bond donors (Lipinski definition) is 0. The SMILES string of the molecule is CCO[Si](C)(CCCCCc1ccc(F)cc1F)OCC. The highest BCUT2D eigenvalue weighted by Gasteiger charge is 2.29.